The summed E-state index contributed by atoms with van der Waals surface area (Å²) >= 11 is 0. The predicted molar refractivity (Wildman–Crippen MR) is 141 cm³/mol. The molecule has 0 saturated carbocycles. The number of amides is 1. The number of hydrazone groups is 1. The molecule has 0 fully saturated rings. The second-order valence-corrected chi connectivity index (χ2v) is 10.2. The van der Waals surface area contributed by atoms with E-state index < -0.39 is 28.4 Å². The fourth-order valence-corrected chi connectivity index (χ4v) is 4.73. The van der Waals surface area contributed by atoms with Gasteiger partial charge in [-0.25, -0.2) is 18.6 Å². The number of anilines is 1. The molecule has 10 heteroatoms. The number of carbonyl (C=O) groups is 2. The molecule has 3 aromatic rings. The summed E-state index contributed by atoms with van der Waals surface area (Å²) in [5.74, 6) is -0.442. The van der Waals surface area contributed by atoms with Crippen LogP contribution in [0.1, 0.15) is 30.9 Å². The van der Waals surface area contributed by atoms with Crippen LogP contribution in [0.4, 0.5) is 5.69 Å². The van der Waals surface area contributed by atoms with Crippen molar-refractivity contribution in [3.63, 3.8) is 0 Å². The smallest absolute Gasteiger partial charge is 0.343 e. The lowest BCUT2D eigenvalue weighted by Crippen LogP contribution is -2.39. The molecule has 0 unspecified atom stereocenters. The Labute approximate surface area is 216 Å². The van der Waals surface area contributed by atoms with Crippen LogP contribution in [0.5, 0.6) is 5.75 Å². The van der Waals surface area contributed by atoms with Crippen molar-refractivity contribution in [3.05, 3.63) is 90.0 Å². The van der Waals surface area contributed by atoms with Gasteiger partial charge in [0.15, 0.2) is 6.61 Å². The lowest BCUT2D eigenvalue weighted by Gasteiger charge is -2.24. The Morgan fingerprint density at radius 2 is 1.70 bits per heavy atom. The molecule has 3 rings (SSSR count). The molecule has 3 aromatic carbocycles. The molecule has 0 atom stereocenters. The third kappa shape index (κ3) is 7.65. The molecular formula is C27H29N3O6S. The van der Waals surface area contributed by atoms with E-state index in [1.807, 2.05) is 26.0 Å². The van der Waals surface area contributed by atoms with Crippen LogP contribution in [0.3, 0.4) is 0 Å². The van der Waals surface area contributed by atoms with Gasteiger partial charge < -0.3 is 9.47 Å². The Kier molecular flexibility index (Phi) is 9.39. The summed E-state index contributed by atoms with van der Waals surface area (Å²) in [6, 6.07) is 21.7. The zero-order valence-corrected chi connectivity index (χ0v) is 21.6. The number of hydrogen-bond acceptors (Lipinski definition) is 7. The van der Waals surface area contributed by atoms with E-state index in [0.717, 1.165) is 9.87 Å². The summed E-state index contributed by atoms with van der Waals surface area (Å²) in [7, 11) is -2.75. The van der Waals surface area contributed by atoms with Crippen LogP contribution < -0.4 is 14.5 Å². The summed E-state index contributed by atoms with van der Waals surface area (Å²) in [5.41, 5.74) is 4.38. The van der Waals surface area contributed by atoms with Crippen molar-refractivity contribution in [2.75, 3.05) is 24.6 Å². The maximum atomic E-state index is 13.4. The van der Waals surface area contributed by atoms with Crippen molar-refractivity contribution in [1.29, 1.82) is 0 Å². The summed E-state index contributed by atoms with van der Waals surface area (Å²) in [6.07, 6.45) is 1.39. The van der Waals surface area contributed by atoms with Crippen molar-refractivity contribution >= 4 is 33.8 Å². The van der Waals surface area contributed by atoms with E-state index in [1.54, 1.807) is 54.6 Å². The maximum absolute atomic E-state index is 13.4. The first kappa shape index (κ1) is 27.4. The monoisotopic (exact) mass is 523 g/mol. The Morgan fingerprint density at radius 1 is 1.00 bits per heavy atom. The minimum absolute atomic E-state index is 0.0722. The van der Waals surface area contributed by atoms with Crippen molar-refractivity contribution in [3.8, 4) is 5.75 Å². The van der Waals surface area contributed by atoms with Gasteiger partial charge in [0.2, 0.25) is 0 Å². The topological polar surface area (TPSA) is 114 Å². The quantitative estimate of drug-likeness (QED) is 0.233. The molecular weight excluding hydrogens is 494 g/mol. The highest BCUT2D eigenvalue weighted by atomic mass is 32.2. The number of esters is 1. The first-order valence-corrected chi connectivity index (χ1v) is 12.9. The van der Waals surface area contributed by atoms with Crippen molar-refractivity contribution in [1.82, 2.24) is 5.43 Å². The number of rotatable bonds is 11. The Bertz CT molecular complexity index is 1340. The zero-order chi connectivity index (χ0) is 26.8. The lowest BCUT2D eigenvalue weighted by molar-refractivity contribution is -0.142. The van der Waals surface area contributed by atoms with Crippen molar-refractivity contribution in [2.45, 2.75) is 24.7 Å². The molecule has 37 heavy (non-hydrogen) atoms. The van der Waals surface area contributed by atoms with E-state index in [-0.39, 0.29) is 17.4 Å². The van der Waals surface area contributed by atoms with Crippen LogP contribution in [0.2, 0.25) is 0 Å². The normalized spacial score (nSPS) is 11.4. The molecule has 0 saturated heterocycles. The fourth-order valence-electron chi connectivity index (χ4n) is 3.29. The Hall–Kier alpha value is -4.18. The van der Waals surface area contributed by atoms with E-state index in [1.165, 1.54) is 25.5 Å². The number of sulfonamides is 1. The van der Waals surface area contributed by atoms with E-state index in [9.17, 15) is 18.0 Å². The molecule has 0 aliphatic rings. The van der Waals surface area contributed by atoms with Crippen molar-refractivity contribution in [2.24, 2.45) is 5.10 Å². The van der Waals surface area contributed by atoms with Crippen LogP contribution in [-0.4, -0.2) is 46.8 Å². The van der Waals surface area contributed by atoms with Crippen LogP contribution in [0.15, 0.2) is 88.9 Å². The number of hydrogen-bond donors (Lipinski definition) is 1. The number of nitrogens with one attached hydrogen (secondary N) is 1. The highest BCUT2D eigenvalue weighted by molar-refractivity contribution is 7.92. The van der Waals surface area contributed by atoms with Crippen LogP contribution in [0, 0.1) is 0 Å². The number of carbonyl (C=O) groups excluding carboxylic acids is 2. The second-order valence-electron chi connectivity index (χ2n) is 8.30. The molecule has 9 nitrogen and oxygen atoms in total. The van der Waals surface area contributed by atoms with Crippen LogP contribution in [-0.2, 0) is 24.3 Å². The molecule has 0 aliphatic carbocycles. The minimum Gasteiger partial charge on any atom is -0.482 e. The SMILES string of the molecule is COC(=O)COc1cccc(/C=N\NC(=O)CN(c2ccc(C(C)C)cc2)S(=O)(=O)c2ccccc2)c1. The third-order valence-electron chi connectivity index (χ3n) is 5.31. The van der Waals surface area contributed by atoms with Gasteiger partial charge in [0.25, 0.3) is 15.9 Å². The van der Waals surface area contributed by atoms with Gasteiger partial charge in [-0.3, -0.25) is 9.10 Å². The van der Waals surface area contributed by atoms with Gasteiger partial charge in [-0.2, -0.15) is 5.10 Å². The highest BCUT2D eigenvalue weighted by Gasteiger charge is 2.27. The standard InChI is InChI=1S/C27H29N3O6S/c1-20(2)22-12-14-23(15-13-22)30(37(33,34)25-10-5-4-6-11-25)18-26(31)29-28-17-21-8-7-9-24(16-21)36-19-27(32)35-3/h4-17,20H,18-19H2,1-3H3,(H,29,31)/b28-17-. The van der Waals surface area contributed by atoms with Gasteiger partial charge in [0.05, 0.1) is 23.9 Å². The molecule has 0 heterocycles. The summed E-state index contributed by atoms with van der Waals surface area (Å²) in [4.78, 5) is 24.1. The van der Waals surface area contributed by atoms with E-state index in [4.69, 9.17) is 4.74 Å². The number of ether oxygens (including phenoxy) is 2. The lowest BCUT2D eigenvalue weighted by atomic mass is 10.0. The van der Waals surface area contributed by atoms with Crippen molar-refractivity contribution < 1.29 is 27.5 Å². The first-order chi connectivity index (χ1) is 17.7. The van der Waals surface area contributed by atoms with Crippen LogP contribution >= 0.6 is 0 Å². The molecule has 0 spiro atoms. The maximum Gasteiger partial charge on any atom is 0.343 e. The fraction of sp³-hybridized carbons (Fsp3) is 0.222. The molecule has 0 aliphatic heterocycles. The van der Waals surface area contributed by atoms with Gasteiger partial charge in [-0.05, 0) is 53.4 Å². The second kappa shape index (κ2) is 12.7. The zero-order valence-electron chi connectivity index (χ0n) is 20.8. The summed E-state index contributed by atoms with van der Waals surface area (Å²) in [6.45, 7) is 3.37. The molecule has 0 radical (unpaired) electrons. The molecule has 0 bridgehead atoms. The predicted octanol–water partition coefficient (Wildman–Crippen LogP) is 3.71. The largest absolute Gasteiger partial charge is 0.482 e. The Morgan fingerprint density at radius 3 is 2.35 bits per heavy atom. The third-order valence-corrected chi connectivity index (χ3v) is 7.10. The number of nitrogens with zero attached hydrogens (tertiary/aromatic N) is 2. The van der Waals surface area contributed by atoms with Gasteiger partial charge in [-0.15, -0.1) is 0 Å². The van der Waals surface area contributed by atoms with Gasteiger partial charge >= 0.3 is 5.97 Å². The van der Waals surface area contributed by atoms with E-state index in [2.05, 4.69) is 15.3 Å². The first-order valence-electron chi connectivity index (χ1n) is 11.5. The van der Waals surface area contributed by atoms with Gasteiger partial charge in [0, 0.05) is 0 Å². The van der Waals surface area contributed by atoms with Gasteiger partial charge in [0.1, 0.15) is 12.3 Å². The number of methoxy groups -OCH3 is 1. The Balaban J connectivity index is 1.75. The average Bonchev–Trinajstić information content (AvgIpc) is 2.91. The average molecular weight is 524 g/mol. The molecule has 1 amide bonds. The minimum atomic E-state index is -4.01. The van der Waals surface area contributed by atoms with E-state index >= 15 is 0 Å². The number of benzene rings is 3. The molecule has 194 valence electrons. The van der Waals surface area contributed by atoms with Crippen LogP contribution in [0.25, 0.3) is 0 Å². The summed E-state index contributed by atoms with van der Waals surface area (Å²) in [5, 5.41) is 3.94. The molecule has 1 N–H and O–H groups in total. The van der Waals surface area contributed by atoms with Gasteiger partial charge in [-0.1, -0.05) is 56.3 Å². The highest BCUT2D eigenvalue weighted by Crippen LogP contribution is 2.25. The van der Waals surface area contributed by atoms with E-state index in [0.29, 0.717) is 17.0 Å². The molecule has 0 aromatic heterocycles. The summed E-state index contributed by atoms with van der Waals surface area (Å²) < 4.78 is 37.8.